The zero-order valence-electron chi connectivity index (χ0n) is 10.6. The van der Waals surface area contributed by atoms with Gasteiger partial charge in [-0.05, 0) is 25.1 Å². The molecule has 0 amide bonds. The van der Waals surface area contributed by atoms with Crippen LogP contribution >= 0.6 is 11.3 Å². The number of nitrogens with two attached hydrogens (primary N) is 1. The largest absolute Gasteiger partial charge is 0.465 e. The Hall–Kier alpha value is -2.21. The van der Waals surface area contributed by atoms with Crippen molar-refractivity contribution >= 4 is 33.0 Å². The number of nitrogen functional groups attached to an aromatic ring is 1. The van der Waals surface area contributed by atoms with E-state index in [0.29, 0.717) is 15.6 Å². The highest BCUT2D eigenvalue weighted by Gasteiger charge is 2.14. The molecule has 0 radical (unpaired) electrons. The maximum atomic E-state index is 11.4. The second-order valence-corrected chi connectivity index (χ2v) is 4.95. The highest BCUT2D eigenvalue weighted by atomic mass is 32.1. The van der Waals surface area contributed by atoms with Crippen molar-refractivity contribution < 1.29 is 9.53 Å². The lowest BCUT2D eigenvalue weighted by atomic mass is 10.2. The van der Waals surface area contributed by atoms with E-state index in [2.05, 4.69) is 15.0 Å². The molecular weight excluding hydrogens is 262 g/mol. The van der Waals surface area contributed by atoms with Gasteiger partial charge in [0.2, 0.25) is 0 Å². The number of azo groups is 1. The van der Waals surface area contributed by atoms with Crippen molar-refractivity contribution in [2.24, 2.45) is 10.2 Å². The van der Waals surface area contributed by atoms with Crippen molar-refractivity contribution in [2.75, 3.05) is 12.8 Å². The number of benzene rings is 1. The number of aryl methyl sites for hydroxylation is 1. The van der Waals surface area contributed by atoms with Crippen LogP contribution in [0.2, 0.25) is 0 Å². The number of hydrogen-bond donors (Lipinski definition) is 1. The van der Waals surface area contributed by atoms with Crippen LogP contribution in [0.1, 0.15) is 15.9 Å². The van der Waals surface area contributed by atoms with Crippen molar-refractivity contribution in [3.63, 3.8) is 0 Å². The van der Waals surface area contributed by atoms with Gasteiger partial charge in [-0.15, -0.1) is 10.2 Å². The van der Waals surface area contributed by atoms with E-state index in [-0.39, 0.29) is 0 Å². The molecule has 98 valence electrons. The average Bonchev–Trinajstić information content (AvgIpc) is 2.78. The van der Waals surface area contributed by atoms with Crippen LogP contribution in [0.25, 0.3) is 0 Å². The Morgan fingerprint density at radius 1 is 1.26 bits per heavy atom. The summed E-state index contributed by atoms with van der Waals surface area (Å²) in [6.45, 7) is 2.00. The summed E-state index contributed by atoms with van der Waals surface area (Å²) < 4.78 is 4.62. The topological polar surface area (TPSA) is 77.0 Å². The minimum Gasteiger partial charge on any atom is -0.465 e. The van der Waals surface area contributed by atoms with Crippen LogP contribution in [0.3, 0.4) is 0 Å². The fourth-order valence-corrected chi connectivity index (χ4v) is 2.16. The molecule has 19 heavy (non-hydrogen) atoms. The van der Waals surface area contributed by atoms with Gasteiger partial charge in [0.25, 0.3) is 0 Å². The third-order valence-electron chi connectivity index (χ3n) is 2.45. The van der Waals surface area contributed by atoms with Gasteiger partial charge in [-0.3, -0.25) is 0 Å². The van der Waals surface area contributed by atoms with E-state index in [1.54, 1.807) is 6.07 Å². The number of rotatable bonds is 3. The molecule has 0 aliphatic rings. The first-order valence-corrected chi connectivity index (χ1v) is 6.38. The van der Waals surface area contributed by atoms with Crippen LogP contribution in [-0.4, -0.2) is 13.1 Å². The number of hydrogen-bond acceptors (Lipinski definition) is 6. The highest BCUT2D eigenvalue weighted by Crippen LogP contribution is 2.33. The number of esters is 1. The van der Waals surface area contributed by atoms with E-state index in [0.717, 1.165) is 11.3 Å². The van der Waals surface area contributed by atoms with Crippen LogP contribution in [0, 0.1) is 6.92 Å². The van der Waals surface area contributed by atoms with E-state index >= 15 is 0 Å². The van der Waals surface area contributed by atoms with E-state index < -0.39 is 5.97 Å². The highest BCUT2D eigenvalue weighted by molar-refractivity contribution is 7.19. The van der Waals surface area contributed by atoms with Crippen molar-refractivity contribution in [2.45, 2.75) is 6.92 Å². The quantitative estimate of drug-likeness (QED) is 0.682. The summed E-state index contributed by atoms with van der Waals surface area (Å²) in [6, 6.07) is 9.23. The third-order valence-corrected chi connectivity index (χ3v) is 3.30. The lowest BCUT2D eigenvalue weighted by Gasteiger charge is -1.94. The van der Waals surface area contributed by atoms with Gasteiger partial charge in [0.15, 0.2) is 0 Å². The Bertz CT molecular complexity index is 617. The fourth-order valence-electron chi connectivity index (χ4n) is 1.43. The van der Waals surface area contributed by atoms with Gasteiger partial charge in [-0.25, -0.2) is 4.79 Å². The summed E-state index contributed by atoms with van der Waals surface area (Å²) in [6.07, 6.45) is 0. The second kappa shape index (κ2) is 5.62. The molecule has 0 saturated heterocycles. The Labute approximate surface area is 114 Å². The molecule has 0 bridgehead atoms. The molecule has 0 spiro atoms. The lowest BCUT2D eigenvalue weighted by molar-refractivity contribution is 0.0602. The van der Waals surface area contributed by atoms with Crippen molar-refractivity contribution in [3.05, 3.63) is 41.5 Å². The second-order valence-electron chi connectivity index (χ2n) is 3.89. The minimum absolute atomic E-state index is 0.324. The average molecular weight is 275 g/mol. The molecule has 1 heterocycles. The van der Waals surface area contributed by atoms with Crippen LogP contribution in [0.5, 0.6) is 0 Å². The third kappa shape index (κ3) is 3.17. The first-order chi connectivity index (χ1) is 9.10. The van der Waals surface area contributed by atoms with Gasteiger partial charge in [-0.1, -0.05) is 29.0 Å². The van der Waals surface area contributed by atoms with Gasteiger partial charge in [0.05, 0.1) is 18.4 Å². The van der Waals surface area contributed by atoms with Gasteiger partial charge in [0.1, 0.15) is 10.0 Å². The van der Waals surface area contributed by atoms with Crippen LogP contribution in [0.4, 0.5) is 15.7 Å². The molecule has 0 atom stereocenters. The molecule has 0 aliphatic heterocycles. The lowest BCUT2D eigenvalue weighted by Crippen LogP contribution is -2.01. The number of nitrogens with zero attached hydrogens (tertiary/aromatic N) is 2. The number of ether oxygens (including phenoxy) is 1. The number of methoxy groups -OCH3 is 1. The molecule has 0 unspecified atom stereocenters. The normalized spacial score (nSPS) is 10.8. The van der Waals surface area contributed by atoms with Crippen LogP contribution in [-0.2, 0) is 4.74 Å². The predicted octanol–water partition coefficient (Wildman–Crippen LogP) is 3.84. The van der Waals surface area contributed by atoms with Gasteiger partial charge < -0.3 is 10.5 Å². The van der Waals surface area contributed by atoms with Gasteiger partial charge in [0, 0.05) is 0 Å². The molecule has 5 nitrogen and oxygen atoms in total. The van der Waals surface area contributed by atoms with Gasteiger partial charge >= 0.3 is 5.97 Å². The molecule has 0 saturated carbocycles. The summed E-state index contributed by atoms with van der Waals surface area (Å²) in [5, 5.41) is 9.09. The molecule has 2 aromatic rings. The monoisotopic (exact) mass is 275 g/mol. The van der Waals surface area contributed by atoms with Crippen molar-refractivity contribution in [1.29, 1.82) is 0 Å². The molecule has 6 heteroatoms. The van der Waals surface area contributed by atoms with Crippen molar-refractivity contribution in [3.8, 4) is 0 Å². The van der Waals surface area contributed by atoms with Crippen LogP contribution in [0.15, 0.2) is 40.6 Å². The summed E-state index contributed by atoms with van der Waals surface area (Å²) in [5.41, 5.74) is 7.95. The molecule has 1 aromatic heterocycles. The first kappa shape index (κ1) is 13.2. The number of carbonyl (C=O) groups is 1. The van der Waals surface area contributed by atoms with E-state index in [9.17, 15) is 4.79 Å². The minimum atomic E-state index is -0.467. The Morgan fingerprint density at radius 3 is 2.58 bits per heavy atom. The first-order valence-electron chi connectivity index (χ1n) is 5.56. The summed E-state index contributed by atoms with van der Waals surface area (Å²) in [7, 11) is 1.31. The molecule has 2 N–H and O–H groups in total. The fraction of sp³-hybridized carbons (Fsp3) is 0.154. The molecule has 0 aliphatic carbocycles. The number of anilines is 1. The molecule has 2 rings (SSSR count). The number of thiophene rings is 1. The Morgan fingerprint density at radius 2 is 1.95 bits per heavy atom. The smallest absolute Gasteiger partial charge is 0.340 e. The summed E-state index contributed by atoms with van der Waals surface area (Å²) in [4.78, 5) is 11.4. The molecule has 1 aromatic carbocycles. The zero-order chi connectivity index (χ0) is 13.8. The Balaban J connectivity index is 2.19. The Kier molecular flexibility index (Phi) is 3.91. The van der Waals surface area contributed by atoms with Crippen molar-refractivity contribution in [1.82, 2.24) is 0 Å². The maximum Gasteiger partial charge on any atom is 0.340 e. The van der Waals surface area contributed by atoms with Gasteiger partial charge in [-0.2, -0.15) is 0 Å². The predicted molar refractivity (Wildman–Crippen MR) is 75.4 cm³/mol. The maximum absolute atomic E-state index is 11.4. The number of carbonyl (C=O) groups excluding carboxylic acids is 1. The standard InChI is InChI=1S/C13H13N3O2S/c1-8-3-5-9(6-4-8)15-16-11-7-10(12(14)19-11)13(17)18-2/h3-7H,14H2,1-2H3. The SMILES string of the molecule is COC(=O)c1cc(N=Nc2ccc(C)cc2)sc1N. The summed E-state index contributed by atoms with van der Waals surface area (Å²) >= 11 is 1.20. The molecular formula is C13H13N3O2S. The van der Waals surface area contributed by atoms with E-state index in [1.165, 1.54) is 18.4 Å². The molecule has 0 fully saturated rings. The van der Waals surface area contributed by atoms with E-state index in [4.69, 9.17) is 5.73 Å². The van der Waals surface area contributed by atoms with Crippen LogP contribution < -0.4 is 5.73 Å². The van der Waals surface area contributed by atoms with E-state index in [1.807, 2.05) is 31.2 Å². The zero-order valence-corrected chi connectivity index (χ0v) is 11.4. The summed E-state index contributed by atoms with van der Waals surface area (Å²) in [5.74, 6) is -0.467.